The molecule has 0 aliphatic carbocycles. The Morgan fingerprint density at radius 3 is 1.95 bits per heavy atom. The summed E-state index contributed by atoms with van der Waals surface area (Å²) in [4.78, 5) is 15.7. The van der Waals surface area contributed by atoms with E-state index in [2.05, 4.69) is 64.1 Å². The molecule has 0 atom stereocenters. The highest BCUT2D eigenvalue weighted by atomic mass is 19.4. The Morgan fingerprint density at radius 1 is 0.833 bits per heavy atom. The maximum Gasteiger partial charge on any atom is 0.416 e. The maximum atomic E-state index is 14.0. The summed E-state index contributed by atoms with van der Waals surface area (Å²) in [5.74, 6) is 0.804. The third kappa shape index (κ3) is 7.41. The molecule has 222 valence electrons. The number of rotatable bonds is 9. The number of amides is 2. The largest absolute Gasteiger partial charge is 0.416 e. The van der Waals surface area contributed by atoms with Crippen LogP contribution in [-0.4, -0.2) is 15.8 Å². The van der Waals surface area contributed by atoms with Crippen molar-refractivity contribution in [1.82, 2.24) is 9.78 Å². The van der Waals surface area contributed by atoms with Crippen molar-refractivity contribution in [2.45, 2.75) is 78.6 Å². The van der Waals surface area contributed by atoms with E-state index in [1.54, 1.807) is 15.8 Å². The topological polar surface area (TPSA) is 50.2 Å². The van der Waals surface area contributed by atoms with Crippen molar-refractivity contribution in [3.05, 3.63) is 113 Å². The number of para-hydroxylation sites is 1. The van der Waals surface area contributed by atoms with Gasteiger partial charge < -0.3 is 5.32 Å². The molecule has 0 unspecified atom stereocenters. The van der Waals surface area contributed by atoms with Crippen LogP contribution >= 0.6 is 0 Å². The zero-order chi connectivity index (χ0) is 30.6. The first-order chi connectivity index (χ1) is 19.8. The van der Waals surface area contributed by atoms with Gasteiger partial charge in [0.05, 0.1) is 24.8 Å². The van der Waals surface area contributed by atoms with Crippen LogP contribution in [0.4, 0.5) is 29.3 Å². The van der Waals surface area contributed by atoms with Crippen LogP contribution in [0.2, 0.25) is 0 Å². The van der Waals surface area contributed by atoms with Crippen LogP contribution in [-0.2, 0) is 19.3 Å². The van der Waals surface area contributed by atoms with Crippen LogP contribution in [0.1, 0.15) is 92.7 Å². The van der Waals surface area contributed by atoms with E-state index in [0.717, 1.165) is 40.2 Å². The molecule has 0 aliphatic rings. The maximum absolute atomic E-state index is 14.0. The number of hydrogen-bond acceptors (Lipinski definition) is 2. The molecule has 0 saturated heterocycles. The second-order valence-corrected chi connectivity index (χ2v) is 11.6. The Labute approximate surface area is 246 Å². The van der Waals surface area contributed by atoms with Gasteiger partial charge in [0, 0.05) is 23.1 Å². The fraction of sp³-hybridized carbons (Fsp3) is 0.353. The van der Waals surface area contributed by atoms with Gasteiger partial charge in [-0.15, -0.1) is 0 Å². The highest BCUT2D eigenvalue weighted by Crippen LogP contribution is 2.33. The lowest BCUT2D eigenvalue weighted by Gasteiger charge is -2.26. The lowest BCUT2D eigenvalue weighted by molar-refractivity contribution is -0.137. The molecule has 5 nitrogen and oxygen atoms in total. The summed E-state index contributed by atoms with van der Waals surface area (Å²) in [7, 11) is 0. The molecule has 3 aromatic carbocycles. The van der Waals surface area contributed by atoms with Gasteiger partial charge in [0.2, 0.25) is 0 Å². The second kappa shape index (κ2) is 12.8. The van der Waals surface area contributed by atoms with E-state index in [4.69, 9.17) is 0 Å². The Balaban J connectivity index is 1.62. The Bertz CT molecular complexity index is 1460. The SMILES string of the molecule is CC(C)c1ccc(N(Cc2cnn(Cc3ccc(C(F)(F)F)cc3)c2)C(=O)Nc2c(C(C)C)cccc2C(C)C)cc1. The van der Waals surface area contributed by atoms with Gasteiger partial charge in [-0.1, -0.05) is 84.0 Å². The molecule has 1 heterocycles. The molecule has 0 aliphatic heterocycles. The number of benzene rings is 3. The Hall–Kier alpha value is -4.07. The van der Waals surface area contributed by atoms with Crippen molar-refractivity contribution in [1.29, 1.82) is 0 Å². The van der Waals surface area contributed by atoms with E-state index >= 15 is 0 Å². The minimum absolute atomic E-state index is 0.223. The lowest BCUT2D eigenvalue weighted by Crippen LogP contribution is -2.35. The average Bonchev–Trinajstić information content (AvgIpc) is 3.38. The van der Waals surface area contributed by atoms with Crippen LogP contribution in [0.5, 0.6) is 0 Å². The minimum Gasteiger partial charge on any atom is -0.307 e. The predicted octanol–water partition coefficient (Wildman–Crippen LogP) is 9.56. The first kappa shape index (κ1) is 30.9. The van der Waals surface area contributed by atoms with Crippen molar-refractivity contribution in [2.75, 3.05) is 10.2 Å². The van der Waals surface area contributed by atoms with Gasteiger partial charge in [-0.25, -0.2) is 4.79 Å². The number of carbonyl (C=O) groups excluding carboxylic acids is 1. The third-order valence-electron chi connectivity index (χ3n) is 7.37. The standard InChI is InChI=1S/C34H39F3N4O/c1-22(2)27-12-16-29(17-13-27)41(33(42)39-32-30(23(3)4)8-7-9-31(32)24(5)6)21-26-18-38-40(20-26)19-25-10-14-28(15-11-25)34(35,36)37/h7-18,20,22-24H,19,21H2,1-6H3,(H,39,42). The zero-order valence-corrected chi connectivity index (χ0v) is 25.0. The molecule has 0 radical (unpaired) electrons. The van der Waals surface area contributed by atoms with E-state index in [1.165, 1.54) is 17.7 Å². The summed E-state index contributed by atoms with van der Waals surface area (Å²) in [6.07, 6.45) is -0.864. The number of nitrogens with one attached hydrogen (secondary N) is 1. The van der Waals surface area contributed by atoms with Crippen molar-refractivity contribution < 1.29 is 18.0 Å². The summed E-state index contributed by atoms with van der Waals surface area (Å²) in [5.41, 5.74) is 5.74. The van der Waals surface area contributed by atoms with Crippen LogP contribution in [0.3, 0.4) is 0 Å². The summed E-state index contributed by atoms with van der Waals surface area (Å²) in [6, 6.07) is 19.0. The van der Waals surface area contributed by atoms with Gasteiger partial charge in [0.25, 0.3) is 0 Å². The van der Waals surface area contributed by atoms with Crippen LogP contribution in [0, 0.1) is 0 Å². The summed E-state index contributed by atoms with van der Waals surface area (Å²) in [5, 5.41) is 7.65. The summed E-state index contributed by atoms with van der Waals surface area (Å²) >= 11 is 0. The molecular formula is C34H39F3N4O. The van der Waals surface area contributed by atoms with Crippen molar-refractivity contribution in [3.63, 3.8) is 0 Å². The number of carbonyl (C=O) groups is 1. The van der Waals surface area contributed by atoms with E-state index in [0.29, 0.717) is 18.0 Å². The van der Waals surface area contributed by atoms with Crippen molar-refractivity contribution in [2.24, 2.45) is 0 Å². The van der Waals surface area contributed by atoms with Crippen molar-refractivity contribution >= 4 is 17.4 Å². The van der Waals surface area contributed by atoms with Gasteiger partial charge in [-0.05, 0) is 64.3 Å². The second-order valence-electron chi connectivity index (χ2n) is 11.6. The molecule has 0 fully saturated rings. The molecular weight excluding hydrogens is 537 g/mol. The number of anilines is 2. The fourth-order valence-electron chi connectivity index (χ4n) is 4.93. The predicted molar refractivity (Wildman–Crippen MR) is 163 cm³/mol. The van der Waals surface area contributed by atoms with Gasteiger partial charge in [0.1, 0.15) is 0 Å². The molecule has 4 aromatic rings. The molecule has 1 N–H and O–H groups in total. The fourth-order valence-corrected chi connectivity index (χ4v) is 4.93. The molecule has 0 bridgehead atoms. The van der Waals surface area contributed by atoms with Crippen molar-refractivity contribution in [3.8, 4) is 0 Å². The Kier molecular flexibility index (Phi) is 9.44. The van der Waals surface area contributed by atoms with E-state index < -0.39 is 11.7 Å². The third-order valence-corrected chi connectivity index (χ3v) is 7.37. The minimum atomic E-state index is -4.37. The van der Waals surface area contributed by atoms with Gasteiger partial charge >= 0.3 is 12.2 Å². The highest BCUT2D eigenvalue weighted by Gasteiger charge is 2.30. The van der Waals surface area contributed by atoms with Gasteiger partial charge in [0.15, 0.2) is 0 Å². The molecule has 0 saturated carbocycles. The molecule has 0 spiro atoms. The first-order valence-electron chi connectivity index (χ1n) is 14.3. The summed E-state index contributed by atoms with van der Waals surface area (Å²) < 4.78 is 40.5. The van der Waals surface area contributed by atoms with E-state index in [-0.39, 0.29) is 24.4 Å². The molecule has 8 heteroatoms. The lowest BCUT2D eigenvalue weighted by atomic mass is 9.93. The van der Waals surface area contributed by atoms with Gasteiger partial charge in [-0.2, -0.15) is 18.3 Å². The van der Waals surface area contributed by atoms with Gasteiger partial charge in [-0.3, -0.25) is 9.58 Å². The molecule has 4 rings (SSSR count). The monoisotopic (exact) mass is 576 g/mol. The normalized spacial score (nSPS) is 11.9. The number of nitrogens with zero attached hydrogens (tertiary/aromatic N) is 3. The number of urea groups is 1. The molecule has 1 aromatic heterocycles. The van der Waals surface area contributed by atoms with E-state index in [9.17, 15) is 18.0 Å². The average molecular weight is 577 g/mol. The number of halogens is 3. The highest BCUT2D eigenvalue weighted by molar-refractivity contribution is 6.02. The summed E-state index contributed by atoms with van der Waals surface area (Å²) in [6.45, 7) is 13.3. The molecule has 2 amide bonds. The quantitative estimate of drug-likeness (QED) is 0.216. The zero-order valence-electron chi connectivity index (χ0n) is 25.0. The molecule has 42 heavy (non-hydrogen) atoms. The van der Waals surface area contributed by atoms with E-state index in [1.807, 2.05) is 36.5 Å². The first-order valence-corrected chi connectivity index (χ1v) is 14.3. The van der Waals surface area contributed by atoms with Crippen LogP contribution in [0.15, 0.2) is 79.1 Å². The Morgan fingerprint density at radius 2 is 1.43 bits per heavy atom. The van der Waals surface area contributed by atoms with Crippen LogP contribution in [0.25, 0.3) is 0 Å². The number of aromatic nitrogens is 2. The van der Waals surface area contributed by atoms with Crippen LogP contribution < -0.4 is 10.2 Å². The smallest absolute Gasteiger partial charge is 0.307 e. The number of hydrogen-bond donors (Lipinski definition) is 1. The number of alkyl halides is 3.